The van der Waals surface area contributed by atoms with Gasteiger partial charge in [0.15, 0.2) is 0 Å². The van der Waals surface area contributed by atoms with Crippen molar-refractivity contribution in [3.05, 3.63) is 11.6 Å². The van der Waals surface area contributed by atoms with Gasteiger partial charge in [-0.25, -0.2) is 0 Å². The van der Waals surface area contributed by atoms with Crippen LogP contribution in [0.5, 0.6) is 0 Å². The molecule has 2 atom stereocenters. The molecule has 0 amide bonds. The lowest BCUT2D eigenvalue weighted by molar-refractivity contribution is 0.129. The van der Waals surface area contributed by atoms with Crippen LogP contribution in [0.3, 0.4) is 0 Å². The van der Waals surface area contributed by atoms with Crippen molar-refractivity contribution in [2.24, 2.45) is 5.92 Å². The van der Waals surface area contributed by atoms with Gasteiger partial charge in [-0.2, -0.15) is 0 Å². The second-order valence-corrected chi connectivity index (χ2v) is 7.59. The van der Waals surface area contributed by atoms with E-state index in [9.17, 15) is 0 Å². The number of nitrogens with zero attached hydrogens (tertiary/aromatic N) is 4. The first kappa shape index (κ1) is 13.7. The van der Waals surface area contributed by atoms with Crippen molar-refractivity contribution in [1.82, 2.24) is 19.7 Å². The van der Waals surface area contributed by atoms with E-state index in [1.54, 1.807) is 0 Å². The summed E-state index contributed by atoms with van der Waals surface area (Å²) in [6.07, 6.45) is 10.8. The van der Waals surface area contributed by atoms with E-state index < -0.39 is 0 Å². The van der Waals surface area contributed by atoms with E-state index in [4.69, 9.17) is 0 Å². The summed E-state index contributed by atoms with van der Waals surface area (Å²) in [6.45, 7) is 3.40. The fourth-order valence-electron chi connectivity index (χ4n) is 4.09. The van der Waals surface area contributed by atoms with E-state index in [2.05, 4.69) is 33.6 Å². The Morgan fingerprint density at radius 2 is 1.81 bits per heavy atom. The summed E-state index contributed by atoms with van der Waals surface area (Å²) in [5.74, 6) is 4.05. The summed E-state index contributed by atoms with van der Waals surface area (Å²) in [6, 6.07) is 1.44. The Labute approximate surface area is 127 Å². The van der Waals surface area contributed by atoms with Crippen molar-refractivity contribution in [2.75, 3.05) is 7.05 Å². The van der Waals surface area contributed by atoms with Gasteiger partial charge in [0.05, 0.1) is 6.54 Å². The molecule has 0 N–H and O–H groups in total. The van der Waals surface area contributed by atoms with E-state index in [0.29, 0.717) is 12.0 Å². The maximum absolute atomic E-state index is 4.57. The second-order valence-electron chi connectivity index (χ2n) is 7.59. The molecule has 1 heterocycles. The van der Waals surface area contributed by atoms with Crippen LogP contribution in [0.25, 0.3) is 0 Å². The van der Waals surface area contributed by atoms with Crippen LogP contribution in [0.15, 0.2) is 0 Å². The molecule has 21 heavy (non-hydrogen) atoms. The summed E-state index contributed by atoms with van der Waals surface area (Å²) >= 11 is 0. The van der Waals surface area contributed by atoms with Crippen LogP contribution in [0, 0.1) is 5.92 Å². The largest absolute Gasteiger partial charge is 0.311 e. The van der Waals surface area contributed by atoms with Crippen molar-refractivity contribution in [3.63, 3.8) is 0 Å². The molecule has 1 aromatic heterocycles. The van der Waals surface area contributed by atoms with Gasteiger partial charge in [0.25, 0.3) is 0 Å². The number of rotatable bonds is 5. The van der Waals surface area contributed by atoms with Crippen molar-refractivity contribution in [1.29, 1.82) is 0 Å². The quantitative estimate of drug-likeness (QED) is 0.831. The molecule has 4 heteroatoms. The summed E-state index contributed by atoms with van der Waals surface area (Å²) < 4.78 is 2.50. The maximum Gasteiger partial charge on any atom is 0.147 e. The van der Waals surface area contributed by atoms with Gasteiger partial charge in [0, 0.05) is 18.0 Å². The molecule has 0 saturated heterocycles. The average Bonchev–Trinajstić information content (AvgIpc) is 3.39. The Kier molecular flexibility index (Phi) is 3.52. The molecule has 0 aromatic carbocycles. The second kappa shape index (κ2) is 5.38. The Balaban J connectivity index is 1.51. The molecule has 0 bridgehead atoms. The lowest BCUT2D eigenvalue weighted by Crippen LogP contribution is -2.39. The van der Waals surface area contributed by atoms with Crippen LogP contribution < -0.4 is 0 Å². The topological polar surface area (TPSA) is 34.0 Å². The van der Waals surface area contributed by atoms with Crippen LogP contribution in [0.1, 0.15) is 81.9 Å². The minimum atomic E-state index is 0.711. The predicted molar refractivity (Wildman–Crippen MR) is 83.2 cm³/mol. The van der Waals surface area contributed by atoms with Gasteiger partial charge >= 0.3 is 0 Å². The lowest BCUT2D eigenvalue weighted by Gasteiger charge is -2.36. The molecule has 3 fully saturated rings. The summed E-state index contributed by atoms with van der Waals surface area (Å²) in [5.41, 5.74) is 0. The number of aromatic nitrogens is 3. The SMILES string of the molecule is CC1CCCCC1N(C)Cc1nnc(C2CC2)n1C1CC1. The molecular weight excluding hydrogens is 260 g/mol. The molecule has 3 aliphatic carbocycles. The first-order valence-electron chi connectivity index (χ1n) is 8.88. The standard InChI is InChI=1S/C17H28N4/c1-12-5-3-4-6-15(12)20(2)11-16-18-19-17(13-7-8-13)21(16)14-9-10-14/h12-15H,3-11H2,1-2H3. The highest BCUT2D eigenvalue weighted by molar-refractivity contribution is 5.12. The highest BCUT2D eigenvalue weighted by Crippen LogP contribution is 2.44. The normalized spacial score (nSPS) is 30.0. The van der Waals surface area contributed by atoms with Gasteiger partial charge in [-0.1, -0.05) is 19.8 Å². The Morgan fingerprint density at radius 1 is 1.05 bits per heavy atom. The fourth-order valence-corrected chi connectivity index (χ4v) is 4.09. The Morgan fingerprint density at radius 3 is 2.48 bits per heavy atom. The van der Waals surface area contributed by atoms with Crippen molar-refractivity contribution in [2.45, 2.75) is 82.8 Å². The van der Waals surface area contributed by atoms with Crippen LogP contribution >= 0.6 is 0 Å². The molecule has 3 aliphatic rings. The minimum Gasteiger partial charge on any atom is -0.311 e. The first-order chi connectivity index (χ1) is 10.2. The van der Waals surface area contributed by atoms with Crippen molar-refractivity contribution in [3.8, 4) is 0 Å². The molecule has 116 valence electrons. The minimum absolute atomic E-state index is 0.711. The molecular formula is C17H28N4. The highest BCUT2D eigenvalue weighted by Gasteiger charge is 2.36. The number of hydrogen-bond acceptors (Lipinski definition) is 3. The predicted octanol–water partition coefficient (Wildman–Crippen LogP) is 3.50. The van der Waals surface area contributed by atoms with E-state index in [1.807, 2.05) is 0 Å². The first-order valence-corrected chi connectivity index (χ1v) is 8.88. The molecule has 2 unspecified atom stereocenters. The van der Waals surface area contributed by atoms with E-state index in [-0.39, 0.29) is 0 Å². The average molecular weight is 288 g/mol. The molecule has 3 saturated carbocycles. The highest BCUT2D eigenvalue weighted by atomic mass is 15.3. The van der Waals surface area contributed by atoms with Gasteiger partial charge in [-0.3, -0.25) is 4.90 Å². The maximum atomic E-state index is 4.57. The van der Waals surface area contributed by atoms with Crippen LogP contribution in [0.2, 0.25) is 0 Å². The van der Waals surface area contributed by atoms with Gasteiger partial charge < -0.3 is 4.57 Å². The van der Waals surface area contributed by atoms with Crippen LogP contribution in [-0.4, -0.2) is 32.8 Å². The molecule has 4 nitrogen and oxygen atoms in total. The summed E-state index contributed by atoms with van der Waals surface area (Å²) in [7, 11) is 2.29. The van der Waals surface area contributed by atoms with E-state index in [1.165, 1.54) is 63.0 Å². The van der Waals surface area contributed by atoms with Gasteiger partial charge in [-0.05, 0) is 51.5 Å². The zero-order valence-electron chi connectivity index (χ0n) is 13.5. The Hall–Kier alpha value is -0.900. The van der Waals surface area contributed by atoms with Crippen molar-refractivity contribution >= 4 is 0 Å². The van der Waals surface area contributed by atoms with Crippen molar-refractivity contribution < 1.29 is 0 Å². The molecule has 1 aromatic rings. The van der Waals surface area contributed by atoms with Gasteiger partial charge in [0.1, 0.15) is 11.6 Å². The van der Waals surface area contributed by atoms with Crippen LogP contribution in [-0.2, 0) is 6.54 Å². The summed E-state index contributed by atoms with van der Waals surface area (Å²) in [4.78, 5) is 2.55. The molecule has 0 aliphatic heterocycles. The monoisotopic (exact) mass is 288 g/mol. The smallest absolute Gasteiger partial charge is 0.147 e. The summed E-state index contributed by atoms with van der Waals surface area (Å²) in [5, 5.41) is 9.11. The van der Waals surface area contributed by atoms with E-state index in [0.717, 1.165) is 18.5 Å². The molecule has 4 rings (SSSR count). The molecule has 0 radical (unpaired) electrons. The fraction of sp³-hybridized carbons (Fsp3) is 0.882. The zero-order chi connectivity index (χ0) is 14.4. The Bertz CT molecular complexity index is 501. The van der Waals surface area contributed by atoms with Crippen LogP contribution in [0.4, 0.5) is 0 Å². The zero-order valence-corrected chi connectivity index (χ0v) is 13.5. The third kappa shape index (κ3) is 2.75. The third-order valence-electron chi connectivity index (χ3n) is 5.67. The lowest BCUT2D eigenvalue weighted by atomic mass is 9.85. The molecule has 0 spiro atoms. The van der Waals surface area contributed by atoms with Gasteiger partial charge in [-0.15, -0.1) is 10.2 Å². The third-order valence-corrected chi connectivity index (χ3v) is 5.67. The van der Waals surface area contributed by atoms with E-state index >= 15 is 0 Å². The van der Waals surface area contributed by atoms with Gasteiger partial charge in [0.2, 0.25) is 0 Å². The number of hydrogen-bond donors (Lipinski definition) is 0.